The van der Waals surface area contributed by atoms with Crippen molar-refractivity contribution in [1.29, 1.82) is 0 Å². The molecule has 3 aliphatic rings. The Morgan fingerprint density at radius 2 is 2.16 bits per heavy atom. The summed E-state index contributed by atoms with van der Waals surface area (Å²) < 4.78 is 1.46. The second-order valence-corrected chi connectivity index (χ2v) is 9.28. The van der Waals surface area contributed by atoms with E-state index in [1.54, 1.807) is 10.4 Å². The fourth-order valence-corrected chi connectivity index (χ4v) is 5.79. The average molecular weight is 388 g/mol. The van der Waals surface area contributed by atoms with Crippen molar-refractivity contribution in [2.24, 2.45) is 0 Å². The van der Waals surface area contributed by atoms with E-state index in [1.807, 2.05) is 11.3 Å². The number of thiophene rings is 1. The molecule has 4 rings (SSSR count). The molecule has 2 atom stereocenters. The third kappa shape index (κ3) is 2.74. The first-order valence-electron chi connectivity index (χ1n) is 7.58. The van der Waals surface area contributed by atoms with E-state index in [4.69, 9.17) is 0 Å². The van der Waals surface area contributed by atoms with Gasteiger partial charge in [0.2, 0.25) is 0 Å². The van der Waals surface area contributed by atoms with Gasteiger partial charge in [-0.25, -0.2) is 0 Å². The second-order valence-electron chi connectivity index (χ2n) is 6.25. The minimum absolute atomic E-state index is 0.632. The Kier molecular flexibility index (Phi) is 3.62. The number of nitrogens with zero attached hydrogens (tertiary/aromatic N) is 1. The molecule has 1 saturated carbocycles. The minimum Gasteiger partial charge on any atom is -0.306 e. The molecule has 1 saturated heterocycles. The summed E-state index contributed by atoms with van der Waals surface area (Å²) in [5.41, 5.74) is 1.62. The van der Waals surface area contributed by atoms with Crippen molar-refractivity contribution in [3.05, 3.63) is 19.4 Å². The van der Waals surface area contributed by atoms with E-state index in [1.165, 1.54) is 54.5 Å². The molecule has 1 aromatic heterocycles. The summed E-state index contributed by atoms with van der Waals surface area (Å²) in [6, 6.07) is 4.72. The number of likely N-dealkylation sites (tertiary alicyclic amines) is 1. The highest BCUT2D eigenvalue weighted by molar-refractivity contribution is 14.1. The fourth-order valence-electron chi connectivity index (χ4n) is 3.67. The molecule has 2 heterocycles. The summed E-state index contributed by atoms with van der Waals surface area (Å²) in [6.07, 6.45) is 8.25. The van der Waals surface area contributed by atoms with Gasteiger partial charge in [0.05, 0.1) is 2.88 Å². The van der Waals surface area contributed by atoms with Crippen LogP contribution in [0, 0.1) is 2.88 Å². The van der Waals surface area contributed by atoms with Gasteiger partial charge in [-0.1, -0.05) is 0 Å². The number of halogens is 1. The maximum Gasteiger partial charge on any atom is 0.0659 e. The van der Waals surface area contributed by atoms with Crippen molar-refractivity contribution in [3.8, 4) is 0 Å². The fraction of sp³-hybridized carbons (Fsp3) is 0.733. The van der Waals surface area contributed by atoms with Crippen LogP contribution in [0.2, 0.25) is 0 Å². The van der Waals surface area contributed by atoms with Crippen molar-refractivity contribution in [1.82, 2.24) is 10.2 Å². The average Bonchev–Trinajstić information content (AvgIpc) is 3.01. The Morgan fingerprint density at radius 1 is 1.26 bits per heavy atom. The number of nitrogens with one attached hydrogen (secondary N) is 1. The van der Waals surface area contributed by atoms with E-state index in [2.05, 4.69) is 38.9 Å². The third-order valence-corrected chi connectivity index (χ3v) is 6.77. The van der Waals surface area contributed by atoms with Crippen LogP contribution in [-0.4, -0.2) is 30.1 Å². The van der Waals surface area contributed by atoms with Gasteiger partial charge in [-0.3, -0.25) is 4.90 Å². The summed E-state index contributed by atoms with van der Waals surface area (Å²) >= 11 is 4.48. The zero-order valence-electron chi connectivity index (χ0n) is 11.2. The molecule has 1 aliphatic heterocycles. The van der Waals surface area contributed by atoms with Crippen LogP contribution >= 0.6 is 33.9 Å². The number of hydrogen-bond acceptors (Lipinski definition) is 3. The van der Waals surface area contributed by atoms with E-state index in [0.717, 1.165) is 12.1 Å². The zero-order valence-corrected chi connectivity index (χ0v) is 14.2. The molecular formula is C15H21IN2S. The van der Waals surface area contributed by atoms with Gasteiger partial charge in [0.25, 0.3) is 0 Å². The van der Waals surface area contributed by atoms with Gasteiger partial charge in [0.1, 0.15) is 0 Å². The lowest BCUT2D eigenvalue weighted by molar-refractivity contribution is 0.308. The predicted molar refractivity (Wildman–Crippen MR) is 88.9 cm³/mol. The molecule has 0 aromatic carbocycles. The quantitative estimate of drug-likeness (QED) is 0.797. The van der Waals surface area contributed by atoms with Gasteiger partial charge < -0.3 is 5.32 Å². The Balaban J connectivity index is 1.43. The molecule has 0 radical (unpaired) electrons. The van der Waals surface area contributed by atoms with Gasteiger partial charge in [0.15, 0.2) is 0 Å². The van der Waals surface area contributed by atoms with E-state index in [9.17, 15) is 0 Å². The number of aryl methyl sites for hydroxylation is 1. The summed E-state index contributed by atoms with van der Waals surface area (Å²) in [6.45, 7) is 2.61. The van der Waals surface area contributed by atoms with Gasteiger partial charge in [-0.05, 0) is 72.7 Å². The first kappa shape index (κ1) is 13.0. The van der Waals surface area contributed by atoms with Crippen LogP contribution in [-0.2, 0) is 6.42 Å². The summed E-state index contributed by atoms with van der Waals surface area (Å²) in [5, 5.41) is 3.96. The van der Waals surface area contributed by atoms with E-state index < -0.39 is 0 Å². The summed E-state index contributed by atoms with van der Waals surface area (Å²) in [4.78, 5) is 4.35. The minimum atomic E-state index is 0.632. The lowest BCUT2D eigenvalue weighted by atomic mass is 9.93. The van der Waals surface area contributed by atoms with Crippen LogP contribution < -0.4 is 5.32 Å². The van der Waals surface area contributed by atoms with Gasteiger partial charge >= 0.3 is 0 Å². The molecule has 2 aliphatic carbocycles. The molecule has 1 N–H and O–H groups in total. The molecule has 1 aromatic rings. The van der Waals surface area contributed by atoms with Crippen molar-refractivity contribution in [3.63, 3.8) is 0 Å². The van der Waals surface area contributed by atoms with Gasteiger partial charge in [-0.15, -0.1) is 11.3 Å². The second kappa shape index (κ2) is 5.28. The van der Waals surface area contributed by atoms with Crippen LogP contribution in [0.4, 0.5) is 0 Å². The number of fused-ring (bicyclic) bond motifs is 1. The Labute approximate surface area is 133 Å². The highest BCUT2D eigenvalue weighted by Crippen LogP contribution is 2.37. The number of rotatable bonds is 3. The number of hydrogen-bond donors (Lipinski definition) is 1. The SMILES string of the molecule is Ic1cc2c(s1)CCCC2NC1CCN(C2CC2)C1. The third-order valence-electron chi connectivity index (χ3n) is 4.80. The maximum atomic E-state index is 3.96. The van der Waals surface area contributed by atoms with Crippen molar-refractivity contribution < 1.29 is 0 Å². The van der Waals surface area contributed by atoms with Crippen molar-refractivity contribution in [2.45, 2.75) is 56.7 Å². The Hall–Kier alpha value is 0.350. The molecule has 2 unspecified atom stereocenters. The van der Waals surface area contributed by atoms with Crippen LogP contribution in [0.15, 0.2) is 6.07 Å². The molecule has 2 nitrogen and oxygen atoms in total. The first-order chi connectivity index (χ1) is 9.29. The van der Waals surface area contributed by atoms with Crippen LogP contribution in [0.5, 0.6) is 0 Å². The monoisotopic (exact) mass is 388 g/mol. The van der Waals surface area contributed by atoms with Crippen LogP contribution in [0.3, 0.4) is 0 Å². The molecule has 0 spiro atoms. The lowest BCUT2D eigenvalue weighted by Gasteiger charge is -2.27. The smallest absolute Gasteiger partial charge is 0.0659 e. The Bertz CT molecular complexity index is 469. The van der Waals surface area contributed by atoms with Gasteiger partial charge in [0, 0.05) is 36.1 Å². The standard InChI is InChI=1S/C15H21IN2S/c16-15-8-12-13(2-1-3-14(12)19-15)17-10-6-7-18(9-10)11-4-5-11/h8,10-11,13,17H,1-7,9H2. The Morgan fingerprint density at radius 3 is 3.00 bits per heavy atom. The van der Waals surface area contributed by atoms with E-state index >= 15 is 0 Å². The lowest BCUT2D eigenvalue weighted by Crippen LogP contribution is -2.37. The highest BCUT2D eigenvalue weighted by atomic mass is 127. The molecular weight excluding hydrogens is 367 g/mol. The molecule has 2 fully saturated rings. The zero-order chi connectivity index (χ0) is 12.8. The summed E-state index contributed by atoms with van der Waals surface area (Å²) in [7, 11) is 0. The van der Waals surface area contributed by atoms with Crippen molar-refractivity contribution >= 4 is 33.9 Å². The van der Waals surface area contributed by atoms with E-state index in [0.29, 0.717) is 6.04 Å². The molecule has 104 valence electrons. The molecule has 4 heteroatoms. The maximum absolute atomic E-state index is 3.96. The largest absolute Gasteiger partial charge is 0.306 e. The van der Waals surface area contributed by atoms with Crippen LogP contribution in [0.1, 0.15) is 48.6 Å². The van der Waals surface area contributed by atoms with Crippen LogP contribution in [0.25, 0.3) is 0 Å². The van der Waals surface area contributed by atoms with Crippen molar-refractivity contribution in [2.75, 3.05) is 13.1 Å². The molecule has 19 heavy (non-hydrogen) atoms. The summed E-state index contributed by atoms with van der Waals surface area (Å²) in [5.74, 6) is 0. The topological polar surface area (TPSA) is 15.3 Å². The molecule has 0 bridgehead atoms. The van der Waals surface area contributed by atoms with Gasteiger partial charge in [-0.2, -0.15) is 0 Å². The molecule has 0 amide bonds. The predicted octanol–water partition coefficient (Wildman–Crippen LogP) is 3.56. The highest BCUT2D eigenvalue weighted by Gasteiger charge is 2.35. The first-order valence-corrected chi connectivity index (χ1v) is 9.47. The van der Waals surface area contributed by atoms with E-state index in [-0.39, 0.29) is 0 Å². The normalized spacial score (nSPS) is 31.6.